The van der Waals surface area contributed by atoms with Gasteiger partial charge >= 0.3 is 0 Å². The average Bonchev–Trinajstić information content (AvgIpc) is 2.63. The van der Waals surface area contributed by atoms with E-state index in [2.05, 4.69) is 51.2 Å². The first-order valence-corrected chi connectivity index (χ1v) is 10.3. The van der Waals surface area contributed by atoms with Gasteiger partial charge in [-0.3, -0.25) is 9.78 Å². The molecule has 0 radical (unpaired) electrons. The van der Waals surface area contributed by atoms with E-state index in [0.29, 0.717) is 11.6 Å². The zero-order valence-electron chi connectivity index (χ0n) is 15.9. The minimum atomic E-state index is 0.0557. The van der Waals surface area contributed by atoms with Crippen LogP contribution in [0, 0.1) is 5.92 Å². The van der Waals surface area contributed by atoms with Gasteiger partial charge in [0.15, 0.2) is 5.78 Å². The minimum absolute atomic E-state index is 0.0557. The molecule has 0 saturated heterocycles. The van der Waals surface area contributed by atoms with Crippen LogP contribution in [0.25, 0.3) is 10.9 Å². The van der Waals surface area contributed by atoms with Gasteiger partial charge < -0.3 is 10.2 Å². The Morgan fingerprint density at radius 2 is 2.04 bits per heavy atom. The zero-order valence-corrected chi connectivity index (χ0v) is 17.5. The van der Waals surface area contributed by atoms with Gasteiger partial charge in [0.2, 0.25) is 0 Å². The molecule has 0 amide bonds. The molecule has 4 nitrogen and oxygen atoms in total. The Morgan fingerprint density at radius 1 is 1.31 bits per heavy atom. The summed E-state index contributed by atoms with van der Waals surface area (Å²) in [6, 6.07) is 6.45. The van der Waals surface area contributed by atoms with E-state index in [1.807, 2.05) is 12.1 Å². The number of aromatic nitrogens is 1. The molecule has 1 heterocycles. The van der Waals surface area contributed by atoms with Crippen LogP contribution in [-0.2, 0) is 0 Å². The lowest BCUT2D eigenvalue weighted by molar-refractivity contribution is 0.101. The third-order valence-corrected chi connectivity index (χ3v) is 6.01. The van der Waals surface area contributed by atoms with Gasteiger partial charge in [0, 0.05) is 28.6 Å². The van der Waals surface area contributed by atoms with Crippen LogP contribution >= 0.6 is 15.9 Å². The maximum absolute atomic E-state index is 12.1. The lowest BCUT2D eigenvalue weighted by Crippen LogP contribution is -2.32. The SMILES string of the molecule is CCN(C)C[C@H]1CC[C@H](Nc2c(C(C)=O)cnc3ccc(Br)cc23)CC1. The summed E-state index contributed by atoms with van der Waals surface area (Å²) in [7, 11) is 2.20. The first kappa shape index (κ1) is 19.3. The molecule has 1 aliphatic carbocycles. The summed E-state index contributed by atoms with van der Waals surface area (Å²) in [6.45, 7) is 6.12. The number of rotatable bonds is 6. The lowest BCUT2D eigenvalue weighted by atomic mass is 9.85. The largest absolute Gasteiger partial charge is 0.381 e. The number of hydrogen-bond acceptors (Lipinski definition) is 4. The van der Waals surface area contributed by atoms with Crippen LogP contribution in [0.1, 0.15) is 49.9 Å². The molecule has 2 aromatic rings. The summed E-state index contributed by atoms with van der Waals surface area (Å²) in [5, 5.41) is 4.71. The number of pyridine rings is 1. The highest BCUT2D eigenvalue weighted by Crippen LogP contribution is 2.33. The highest BCUT2D eigenvalue weighted by molar-refractivity contribution is 9.10. The topological polar surface area (TPSA) is 45.2 Å². The number of nitrogens with zero attached hydrogens (tertiary/aromatic N) is 2. The van der Waals surface area contributed by atoms with Crippen molar-refractivity contribution in [2.75, 3.05) is 25.5 Å². The molecule has 0 unspecified atom stereocenters. The van der Waals surface area contributed by atoms with Crippen molar-refractivity contribution < 1.29 is 4.79 Å². The van der Waals surface area contributed by atoms with Crippen LogP contribution in [0.2, 0.25) is 0 Å². The van der Waals surface area contributed by atoms with Crippen LogP contribution in [-0.4, -0.2) is 41.8 Å². The first-order valence-electron chi connectivity index (χ1n) is 9.52. The molecule has 3 rings (SSSR count). The van der Waals surface area contributed by atoms with Crippen molar-refractivity contribution >= 4 is 38.3 Å². The molecule has 0 aliphatic heterocycles. The number of carbonyl (C=O) groups is 1. The molecule has 0 atom stereocenters. The maximum Gasteiger partial charge on any atom is 0.163 e. The van der Waals surface area contributed by atoms with Gasteiger partial charge in [-0.2, -0.15) is 0 Å². The minimum Gasteiger partial charge on any atom is -0.381 e. The Hall–Kier alpha value is -1.46. The van der Waals surface area contributed by atoms with Crippen LogP contribution in [0.3, 0.4) is 0 Å². The number of fused-ring (bicyclic) bond motifs is 1. The van der Waals surface area contributed by atoms with E-state index in [1.165, 1.54) is 19.4 Å². The van der Waals surface area contributed by atoms with Crippen LogP contribution in [0.5, 0.6) is 0 Å². The summed E-state index contributed by atoms with van der Waals surface area (Å²) in [5.74, 6) is 0.841. The molecule has 1 fully saturated rings. The molecule has 1 aliphatic rings. The average molecular weight is 418 g/mol. The van der Waals surface area contributed by atoms with E-state index in [-0.39, 0.29) is 5.78 Å². The third-order valence-electron chi connectivity index (χ3n) is 5.51. The Kier molecular flexibility index (Phi) is 6.30. The molecule has 1 aromatic carbocycles. The Bertz CT molecular complexity index is 784. The van der Waals surface area contributed by atoms with E-state index in [0.717, 1.165) is 46.4 Å². The fourth-order valence-corrected chi connectivity index (χ4v) is 4.21. The van der Waals surface area contributed by atoms with Gasteiger partial charge in [-0.05, 0) is 70.3 Å². The number of benzene rings is 1. The monoisotopic (exact) mass is 417 g/mol. The van der Waals surface area contributed by atoms with Crippen molar-refractivity contribution in [3.8, 4) is 0 Å². The molecule has 1 N–H and O–H groups in total. The Balaban J connectivity index is 1.79. The van der Waals surface area contributed by atoms with E-state index in [4.69, 9.17) is 0 Å². The van der Waals surface area contributed by atoms with Crippen LogP contribution in [0.4, 0.5) is 5.69 Å². The molecule has 140 valence electrons. The van der Waals surface area contributed by atoms with E-state index < -0.39 is 0 Å². The Morgan fingerprint density at radius 3 is 2.69 bits per heavy atom. The molecule has 0 spiro atoms. The van der Waals surface area contributed by atoms with Gasteiger partial charge in [-0.1, -0.05) is 22.9 Å². The third kappa shape index (κ3) is 4.44. The normalized spacial score (nSPS) is 20.5. The van der Waals surface area contributed by atoms with Crippen molar-refractivity contribution in [2.45, 2.75) is 45.6 Å². The molecule has 0 bridgehead atoms. The van der Waals surface area contributed by atoms with Crippen molar-refractivity contribution in [3.63, 3.8) is 0 Å². The standard InChI is InChI=1S/C21H28BrN3O/c1-4-25(3)13-15-5-8-17(9-6-15)24-21-18-11-16(22)7-10-20(18)23-12-19(21)14(2)26/h7,10-12,15,17H,4-6,8-9,13H2,1-3H3,(H,23,24)/t15-,17-. The van der Waals surface area contributed by atoms with Gasteiger partial charge in [0.1, 0.15) is 0 Å². The molecular weight excluding hydrogens is 390 g/mol. The number of ketones is 1. The molecule has 26 heavy (non-hydrogen) atoms. The fraction of sp³-hybridized carbons (Fsp3) is 0.524. The second-order valence-electron chi connectivity index (χ2n) is 7.48. The number of Topliss-reactive ketones (excluding diaryl/α,β-unsaturated/α-hetero) is 1. The lowest BCUT2D eigenvalue weighted by Gasteiger charge is -2.32. The van der Waals surface area contributed by atoms with Crippen molar-refractivity contribution in [2.24, 2.45) is 5.92 Å². The van der Waals surface area contributed by atoms with Crippen LogP contribution < -0.4 is 5.32 Å². The summed E-state index contributed by atoms with van der Waals surface area (Å²) in [4.78, 5) is 19.0. The van der Waals surface area contributed by atoms with E-state index in [1.54, 1.807) is 13.1 Å². The highest BCUT2D eigenvalue weighted by atomic mass is 79.9. The summed E-state index contributed by atoms with van der Waals surface area (Å²) < 4.78 is 1.00. The predicted octanol–water partition coefficient (Wildman–Crippen LogP) is 5.12. The summed E-state index contributed by atoms with van der Waals surface area (Å²) >= 11 is 3.55. The number of nitrogens with one attached hydrogen (secondary N) is 1. The van der Waals surface area contributed by atoms with Crippen molar-refractivity contribution in [3.05, 3.63) is 34.4 Å². The summed E-state index contributed by atoms with van der Waals surface area (Å²) in [6.07, 6.45) is 6.49. The van der Waals surface area contributed by atoms with Gasteiger partial charge in [-0.25, -0.2) is 0 Å². The molecular formula is C21H28BrN3O. The second-order valence-corrected chi connectivity index (χ2v) is 8.40. The number of halogens is 1. The quantitative estimate of drug-likeness (QED) is 0.662. The zero-order chi connectivity index (χ0) is 18.7. The molecule has 5 heteroatoms. The Labute approximate surface area is 164 Å². The van der Waals surface area contributed by atoms with E-state index >= 15 is 0 Å². The van der Waals surface area contributed by atoms with Gasteiger partial charge in [0.05, 0.1) is 16.8 Å². The smallest absolute Gasteiger partial charge is 0.163 e. The number of anilines is 1. The number of carbonyl (C=O) groups excluding carboxylic acids is 1. The van der Waals surface area contributed by atoms with Gasteiger partial charge in [0.25, 0.3) is 0 Å². The van der Waals surface area contributed by atoms with Gasteiger partial charge in [-0.15, -0.1) is 0 Å². The highest BCUT2D eigenvalue weighted by Gasteiger charge is 2.23. The van der Waals surface area contributed by atoms with Crippen molar-refractivity contribution in [1.82, 2.24) is 9.88 Å². The van der Waals surface area contributed by atoms with Crippen LogP contribution in [0.15, 0.2) is 28.9 Å². The molecule has 1 saturated carbocycles. The number of hydrogen-bond donors (Lipinski definition) is 1. The maximum atomic E-state index is 12.1. The van der Waals surface area contributed by atoms with Crippen molar-refractivity contribution in [1.29, 1.82) is 0 Å². The van der Waals surface area contributed by atoms with E-state index in [9.17, 15) is 4.79 Å². The predicted molar refractivity (Wildman–Crippen MR) is 112 cm³/mol. The molecule has 1 aromatic heterocycles. The second kappa shape index (κ2) is 8.49. The fourth-order valence-electron chi connectivity index (χ4n) is 3.85. The first-order chi connectivity index (χ1) is 12.5. The summed E-state index contributed by atoms with van der Waals surface area (Å²) in [5.41, 5.74) is 2.54.